The summed E-state index contributed by atoms with van der Waals surface area (Å²) in [6.07, 6.45) is 4.02. The Hall–Kier alpha value is -3.25. The van der Waals surface area contributed by atoms with Gasteiger partial charge in [-0.25, -0.2) is 0 Å². The molecule has 0 aliphatic rings. The number of amides is 1. The van der Waals surface area contributed by atoms with Gasteiger partial charge in [-0.15, -0.1) is 0 Å². The van der Waals surface area contributed by atoms with Crippen molar-refractivity contribution in [2.24, 2.45) is 0 Å². The van der Waals surface area contributed by atoms with Crippen LogP contribution in [-0.2, 0) is 11.2 Å². The second-order valence-electron chi connectivity index (χ2n) is 6.47. The summed E-state index contributed by atoms with van der Waals surface area (Å²) in [5, 5.41) is 13.2. The zero-order valence-electron chi connectivity index (χ0n) is 15.8. The fourth-order valence-electron chi connectivity index (χ4n) is 2.80. The van der Waals surface area contributed by atoms with Crippen LogP contribution in [0.2, 0.25) is 0 Å². The Bertz CT molecular complexity index is 972. The molecule has 1 amide bonds. The van der Waals surface area contributed by atoms with Crippen LogP contribution in [0, 0.1) is 13.8 Å². The number of hydrogen-bond acceptors (Lipinski definition) is 3. The topological polar surface area (TPSA) is 69.8 Å². The van der Waals surface area contributed by atoms with Crippen LogP contribution in [0.15, 0.2) is 60.7 Å². The molecule has 0 aliphatic heterocycles. The van der Waals surface area contributed by atoms with Gasteiger partial charge in [0.05, 0.1) is 5.69 Å². The van der Waals surface area contributed by atoms with E-state index in [0.717, 1.165) is 29.1 Å². The quantitative estimate of drug-likeness (QED) is 0.452. The number of H-pyrrole nitrogens is 1. The van der Waals surface area contributed by atoms with Gasteiger partial charge in [0.15, 0.2) is 5.11 Å². The monoisotopic (exact) mass is 390 g/mol. The molecule has 0 bridgehead atoms. The van der Waals surface area contributed by atoms with Gasteiger partial charge < -0.3 is 5.32 Å². The highest BCUT2D eigenvalue weighted by atomic mass is 32.1. The van der Waals surface area contributed by atoms with Gasteiger partial charge in [-0.3, -0.25) is 15.2 Å². The van der Waals surface area contributed by atoms with Gasteiger partial charge >= 0.3 is 0 Å². The minimum absolute atomic E-state index is 0.261. The lowest BCUT2D eigenvalue weighted by Gasteiger charge is -2.09. The third-order valence-corrected chi connectivity index (χ3v) is 4.54. The molecule has 28 heavy (non-hydrogen) atoms. The van der Waals surface area contributed by atoms with Crippen molar-refractivity contribution in [1.82, 2.24) is 15.5 Å². The second-order valence-corrected chi connectivity index (χ2v) is 6.88. The highest BCUT2D eigenvalue weighted by Crippen LogP contribution is 2.17. The Balaban J connectivity index is 1.53. The summed E-state index contributed by atoms with van der Waals surface area (Å²) in [5.74, 6) is -0.274. The van der Waals surface area contributed by atoms with Gasteiger partial charge in [-0.2, -0.15) is 5.10 Å². The minimum atomic E-state index is -0.274. The number of thiocarbonyl (C=S) groups is 1. The van der Waals surface area contributed by atoms with Crippen LogP contribution < -0.4 is 10.6 Å². The lowest BCUT2D eigenvalue weighted by atomic mass is 10.0. The van der Waals surface area contributed by atoms with Crippen molar-refractivity contribution in [3.8, 4) is 0 Å². The van der Waals surface area contributed by atoms with Crippen molar-refractivity contribution in [2.45, 2.75) is 20.3 Å². The number of aromatic nitrogens is 2. The zero-order chi connectivity index (χ0) is 19.9. The molecular formula is C22H22N4OS. The van der Waals surface area contributed by atoms with Crippen molar-refractivity contribution in [3.05, 3.63) is 88.8 Å². The first-order chi connectivity index (χ1) is 13.5. The number of carbonyl (C=O) groups is 1. The Morgan fingerprint density at radius 2 is 1.82 bits per heavy atom. The van der Waals surface area contributed by atoms with Crippen molar-refractivity contribution in [1.29, 1.82) is 0 Å². The SMILES string of the molecule is Cc1n[nH]c(C)c1Cc1ccc(NC(=S)NC(=O)/C=C/c2ccccc2)cc1. The average molecular weight is 391 g/mol. The summed E-state index contributed by atoms with van der Waals surface area (Å²) >= 11 is 5.21. The number of hydrogen-bond donors (Lipinski definition) is 3. The fraction of sp³-hybridized carbons (Fsp3) is 0.136. The van der Waals surface area contributed by atoms with Gasteiger partial charge in [-0.1, -0.05) is 42.5 Å². The van der Waals surface area contributed by atoms with Gasteiger partial charge in [0.25, 0.3) is 0 Å². The van der Waals surface area contributed by atoms with Crippen molar-refractivity contribution >= 4 is 35.0 Å². The molecule has 1 heterocycles. The molecule has 0 saturated carbocycles. The standard InChI is InChI=1S/C22H22N4OS/c1-15-20(16(2)26-25-15)14-18-8-11-19(12-9-18)23-22(28)24-21(27)13-10-17-6-4-3-5-7-17/h3-13H,14H2,1-2H3,(H,25,26)(H2,23,24,27,28)/b13-10+. The molecule has 6 heteroatoms. The largest absolute Gasteiger partial charge is 0.332 e. The van der Waals surface area contributed by atoms with Gasteiger partial charge in [0, 0.05) is 29.4 Å². The van der Waals surface area contributed by atoms with E-state index in [4.69, 9.17) is 12.2 Å². The van der Waals surface area contributed by atoms with E-state index in [0.29, 0.717) is 0 Å². The Kier molecular flexibility index (Phi) is 6.34. The Labute approximate surface area is 169 Å². The summed E-state index contributed by atoms with van der Waals surface area (Å²) in [6, 6.07) is 17.6. The van der Waals surface area contributed by atoms with E-state index in [1.165, 1.54) is 17.2 Å². The number of aryl methyl sites for hydroxylation is 2. The summed E-state index contributed by atoms with van der Waals surface area (Å²) in [4.78, 5) is 12.0. The summed E-state index contributed by atoms with van der Waals surface area (Å²) in [6.45, 7) is 4.03. The van der Waals surface area contributed by atoms with Crippen molar-refractivity contribution in [3.63, 3.8) is 0 Å². The van der Waals surface area contributed by atoms with E-state index in [9.17, 15) is 4.79 Å². The van der Waals surface area contributed by atoms with Crippen LogP contribution in [0.3, 0.4) is 0 Å². The van der Waals surface area contributed by atoms with E-state index in [2.05, 4.69) is 20.8 Å². The summed E-state index contributed by atoms with van der Waals surface area (Å²) in [7, 11) is 0. The lowest BCUT2D eigenvalue weighted by Crippen LogP contribution is -2.32. The Morgan fingerprint density at radius 1 is 1.11 bits per heavy atom. The number of nitrogens with one attached hydrogen (secondary N) is 3. The smallest absolute Gasteiger partial charge is 0.250 e. The van der Waals surface area contributed by atoms with Crippen LogP contribution in [0.25, 0.3) is 6.08 Å². The van der Waals surface area contributed by atoms with Crippen LogP contribution in [0.5, 0.6) is 0 Å². The lowest BCUT2D eigenvalue weighted by molar-refractivity contribution is -0.115. The van der Waals surface area contributed by atoms with E-state index in [1.54, 1.807) is 6.08 Å². The first kappa shape index (κ1) is 19.5. The highest BCUT2D eigenvalue weighted by Gasteiger charge is 2.07. The molecule has 142 valence electrons. The fourth-order valence-corrected chi connectivity index (χ4v) is 3.01. The molecule has 0 radical (unpaired) electrons. The first-order valence-electron chi connectivity index (χ1n) is 8.96. The van der Waals surface area contributed by atoms with Gasteiger partial charge in [0.2, 0.25) is 5.91 Å². The number of rotatable bonds is 5. The predicted molar refractivity (Wildman–Crippen MR) is 117 cm³/mol. The maximum Gasteiger partial charge on any atom is 0.250 e. The highest BCUT2D eigenvalue weighted by molar-refractivity contribution is 7.80. The average Bonchev–Trinajstić information content (AvgIpc) is 3.00. The number of carbonyl (C=O) groups excluding carboxylic acids is 1. The molecule has 2 aromatic carbocycles. The molecule has 3 rings (SSSR count). The van der Waals surface area contributed by atoms with E-state index in [-0.39, 0.29) is 11.0 Å². The predicted octanol–water partition coefficient (Wildman–Crippen LogP) is 4.14. The van der Waals surface area contributed by atoms with Crippen LogP contribution in [-0.4, -0.2) is 21.2 Å². The molecule has 3 aromatic rings. The zero-order valence-corrected chi connectivity index (χ0v) is 16.6. The number of nitrogens with zero attached hydrogens (tertiary/aromatic N) is 1. The maximum absolute atomic E-state index is 12.0. The Morgan fingerprint density at radius 3 is 2.46 bits per heavy atom. The second kappa shape index (κ2) is 9.10. The van der Waals surface area contributed by atoms with Crippen molar-refractivity contribution < 1.29 is 4.79 Å². The van der Waals surface area contributed by atoms with Crippen LogP contribution in [0.1, 0.15) is 28.1 Å². The molecule has 0 saturated heterocycles. The van der Waals surface area contributed by atoms with Gasteiger partial charge in [0.1, 0.15) is 0 Å². The molecule has 0 spiro atoms. The molecule has 0 atom stereocenters. The molecule has 3 N–H and O–H groups in total. The summed E-state index contributed by atoms with van der Waals surface area (Å²) < 4.78 is 0. The minimum Gasteiger partial charge on any atom is -0.332 e. The van der Waals surface area contributed by atoms with Crippen LogP contribution in [0.4, 0.5) is 5.69 Å². The molecule has 5 nitrogen and oxygen atoms in total. The molecule has 1 aromatic heterocycles. The summed E-state index contributed by atoms with van der Waals surface area (Å²) in [5.41, 5.74) is 6.28. The molecule has 0 aliphatic carbocycles. The number of anilines is 1. The van der Waals surface area contributed by atoms with E-state index < -0.39 is 0 Å². The number of benzene rings is 2. The third-order valence-electron chi connectivity index (χ3n) is 4.34. The van der Waals surface area contributed by atoms with E-state index >= 15 is 0 Å². The molecule has 0 fully saturated rings. The molecule has 0 unspecified atom stereocenters. The van der Waals surface area contributed by atoms with Gasteiger partial charge in [-0.05, 0) is 55.4 Å². The molecular weight excluding hydrogens is 368 g/mol. The first-order valence-corrected chi connectivity index (χ1v) is 9.36. The number of aromatic amines is 1. The third kappa shape index (κ3) is 5.37. The maximum atomic E-state index is 12.0. The van der Waals surface area contributed by atoms with Crippen molar-refractivity contribution in [2.75, 3.05) is 5.32 Å². The van der Waals surface area contributed by atoms with E-state index in [1.807, 2.05) is 68.4 Å². The van der Waals surface area contributed by atoms with Crippen LogP contribution >= 0.6 is 12.2 Å². The normalized spacial score (nSPS) is 10.8.